The first-order valence-electron chi connectivity index (χ1n) is 6.03. The second-order valence-electron chi connectivity index (χ2n) is 5.55. The Morgan fingerprint density at radius 2 is 1.95 bits per heavy atom. The Kier molecular flexibility index (Phi) is 3.31. The summed E-state index contributed by atoms with van der Waals surface area (Å²) in [6.07, 6.45) is 0. The van der Waals surface area contributed by atoms with E-state index >= 15 is 0 Å². The first-order valence-corrected chi connectivity index (χ1v) is 6.40. The van der Waals surface area contributed by atoms with Crippen LogP contribution in [0.5, 0.6) is 0 Å². The predicted octanol–water partition coefficient (Wildman–Crippen LogP) is 3.99. The molecular weight excluding hydrogens is 265 g/mol. The van der Waals surface area contributed by atoms with Crippen molar-refractivity contribution in [3.8, 4) is 11.1 Å². The Hall–Kier alpha value is -1.55. The lowest BCUT2D eigenvalue weighted by molar-refractivity contribution is 0.360. The Morgan fingerprint density at radius 3 is 2.42 bits per heavy atom. The first kappa shape index (κ1) is 13.9. The minimum absolute atomic E-state index is 0.223. The van der Waals surface area contributed by atoms with Crippen molar-refractivity contribution >= 4 is 17.4 Å². The van der Waals surface area contributed by atoms with Gasteiger partial charge in [-0.2, -0.15) is 5.10 Å². The van der Waals surface area contributed by atoms with Gasteiger partial charge in [0.05, 0.1) is 16.3 Å². The normalized spacial score (nSPS) is 11.9. The zero-order valence-corrected chi connectivity index (χ0v) is 12.2. The quantitative estimate of drug-likeness (QED) is 0.859. The summed E-state index contributed by atoms with van der Waals surface area (Å²) in [5.74, 6) is 0.173. The molecule has 0 aliphatic rings. The highest BCUT2D eigenvalue weighted by molar-refractivity contribution is 6.33. The minimum Gasteiger partial charge on any atom is -0.383 e. The molecule has 0 unspecified atom stereocenters. The number of rotatable bonds is 1. The molecule has 0 radical (unpaired) electrons. The van der Waals surface area contributed by atoms with Crippen LogP contribution >= 0.6 is 11.6 Å². The van der Waals surface area contributed by atoms with Crippen molar-refractivity contribution in [1.29, 1.82) is 0 Å². The summed E-state index contributed by atoms with van der Waals surface area (Å²) in [7, 11) is 0. The lowest BCUT2D eigenvalue weighted by Crippen LogP contribution is -2.24. The topological polar surface area (TPSA) is 43.8 Å². The monoisotopic (exact) mass is 281 g/mol. The number of halogens is 2. The van der Waals surface area contributed by atoms with E-state index in [2.05, 4.69) is 5.10 Å². The number of hydrogen-bond donors (Lipinski definition) is 1. The molecule has 0 spiro atoms. The molecule has 2 aromatic rings. The smallest absolute Gasteiger partial charge is 0.130 e. The fourth-order valence-electron chi connectivity index (χ4n) is 2.08. The van der Waals surface area contributed by atoms with E-state index in [-0.39, 0.29) is 11.4 Å². The van der Waals surface area contributed by atoms with Gasteiger partial charge in [-0.25, -0.2) is 9.07 Å². The zero-order chi connectivity index (χ0) is 14.4. The van der Waals surface area contributed by atoms with Gasteiger partial charge in [0.2, 0.25) is 0 Å². The van der Waals surface area contributed by atoms with Gasteiger partial charge in [-0.15, -0.1) is 0 Å². The number of anilines is 1. The Bertz CT molecular complexity index is 626. The number of hydrogen-bond acceptors (Lipinski definition) is 2. The summed E-state index contributed by atoms with van der Waals surface area (Å²) >= 11 is 6.10. The molecule has 2 N–H and O–H groups in total. The molecule has 102 valence electrons. The fraction of sp³-hybridized carbons (Fsp3) is 0.357. The minimum atomic E-state index is -0.367. The van der Waals surface area contributed by atoms with E-state index in [9.17, 15) is 4.39 Å². The molecule has 5 heteroatoms. The van der Waals surface area contributed by atoms with Crippen LogP contribution in [0.15, 0.2) is 18.2 Å². The van der Waals surface area contributed by atoms with Gasteiger partial charge in [0.25, 0.3) is 0 Å². The standard InChI is InChI=1S/C14H17ClFN3/c1-8-12(10-6-5-9(16)7-11(10)15)13(17)19(18-8)14(2,3)4/h5-7H,17H2,1-4H3. The third kappa shape index (κ3) is 2.45. The molecule has 1 aromatic carbocycles. The van der Waals surface area contributed by atoms with Gasteiger partial charge in [-0.1, -0.05) is 11.6 Å². The molecule has 0 bridgehead atoms. The van der Waals surface area contributed by atoms with Crippen LogP contribution in [0, 0.1) is 12.7 Å². The van der Waals surface area contributed by atoms with Crippen LogP contribution in [0.3, 0.4) is 0 Å². The van der Waals surface area contributed by atoms with Gasteiger partial charge in [-0.3, -0.25) is 0 Å². The van der Waals surface area contributed by atoms with Crippen molar-refractivity contribution in [3.63, 3.8) is 0 Å². The number of nitrogens with zero attached hydrogens (tertiary/aromatic N) is 2. The zero-order valence-electron chi connectivity index (χ0n) is 11.5. The second-order valence-corrected chi connectivity index (χ2v) is 5.96. The van der Waals surface area contributed by atoms with Gasteiger partial charge < -0.3 is 5.73 Å². The number of nitrogen functional groups attached to an aromatic ring is 1. The summed E-state index contributed by atoms with van der Waals surface area (Å²) < 4.78 is 14.9. The van der Waals surface area contributed by atoms with Crippen LogP contribution < -0.4 is 5.73 Å². The van der Waals surface area contributed by atoms with Gasteiger partial charge in [0, 0.05) is 11.1 Å². The highest BCUT2D eigenvalue weighted by atomic mass is 35.5. The van der Waals surface area contributed by atoms with E-state index in [0.29, 0.717) is 16.4 Å². The van der Waals surface area contributed by atoms with Crippen LogP contribution in [0.1, 0.15) is 26.5 Å². The molecule has 19 heavy (non-hydrogen) atoms. The maximum Gasteiger partial charge on any atom is 0.130 e. The van der Waals surface area contributed by atoms with Crippen molar-refractivity contribution in [2.24, 2.45) is 0 Å². The Morgan fingerprint density at radius 1 is 1.32 bits per heavy atom. The van der Waals surface area contributed by atoms with E-state index in [1.165, 1.54) is 12.1 Å². The first-order chi connectivity index (χ1) is 8.71. The number of aromatic nitrogens is 2. The van der Waals surface area contributed by atoms with Crippen molar-refractivity contribution in [3.05, 3.63) is 34.7 Å². The summed E-state index contributed by atoms with van der Waals surface area (Å²) in [5.41, 5.74) is 8.20. The molecule has 1 heterocycles. The van der Waals surface area contributed by atoms with Gasteiger partial charge in [-0.05, 0) is 45.9 Å². The molecular formula is C14H17ClFN3. The van der Waals surface area contributed by atoms with Crippen LogP contribution in [-0.4, -0.2) is 9.78 Å². The van der Waals surface area contributed by atoms with Crippen molar-refractivity contribution in [2.45, 2.75) is 33.2 Å². The molecule has 3 nitrogen and oxygen atoms in total. The molecule has 0 aliphatic heterocycles. The largest absolute Gasteiger partial charge is 0.383 e. The SMILES string of the molecule is Cc1nn(C(C)(C)C)c(N)c1-c1ccc(F)cc1Cl. The average molecular weight is 282 g/mol. The van der Waals surface area contributed by atoms with Crippen molar-refractivity contribution < 1.29 is 4.39 Å². The highest BCUT2D eigenvalue weighted by Gasteiger charge is 2.23. The number of nitrogens with two attached hydrogens (primary N) is 1. The molecule has 0 saturated heterocycles. The lowest BCUT2D eigenvalue weighted by Gasteiger charge is -2.21. The summed E-state index contributed by atoms with van der Waals surface area (Å²) in [4.78, 5) is 0. The van der Waals surface area contributed by atoms with E-state index in [4.69, 9.17) is 17.3 Å². The number of aryl methyl sites for hydroxylation is 1. The van der Waals surface area contributed by atoms with E-state index in [1.807, 2.05) is 27.7 Å². The number of benzene rings is 1. The van der Waals surface area contributed by atoms with E-state index in [1.54, 1.807) is 10.7 Å². The van der Waals surface area contributed by atoms with Crippen molar-refractivity contribution in [2.75, 3.05) is 5.73 Å². The predicted molar refractivity (Wildman–Crippen MR) is 76.8 cm³/mol. The lowest BCUT2D eigenvalue weighted by atomic mass is 10.0. The van der Waals surface area contributed by atoms with Gasteiger partial charge in [0.1, 0.15) is 11.6 Å². The maximum absolute atomic E-state index is 13.1. The molecule has 0 atom stereocenters. The molecule has 0 aliphatic carbocycles. The molecule has 0 amide bonds. The second kappa shape index (κ2) is 4.53. The van der Waals surface area contributed by atoms with Crippen LogP contribution in [-0.2, 0) is 5.54 Å². The molecule has 1 aromatic heterocycles. The third-order valence-corrected chi connectivity index (χ3v) is 3.24. The van der Waals surface area contributed by atoms with Crippen LogP contribution in [0.2, 0.25) is 5.02 Å². The molecule has 2 rings (SSSR count). The maximum atomic E-state index is 13.1. The van der Waals surface area contributed by atoms with Crippen LogP contribution in [0.4, 0.5) is 10.2 Å². The van der Waals surface area contributed by atoms with Gasteiger partial charge >= 0.3 is 0 Å². The third-order valence-electron chi connectivity index (χ3n) is 2.93. The van der Waals surface area contributed by atoms with E-state index < -0.39 is 0 Å². The Labute approximate surface area is 117 Å². The van der Waals surface area contributed by atoms with Crippen molar-refractivity contribution in [1.82, 2.24) is 9.78 Å². The summed E-state index contributed by atoms with van der Waals surface area (Å²) in [6.45, 7) is 7.93. The average Bonchev–Trinajstić information content (AvgIpc) is 2.55. The highest BCUT2D eigenvalue weighted by Crippen LogP contribution is 2.36. The Balaban J connectivity index is 2.67. The molecule has 0 fully saturated rings. The van der Waals surface area contributed by atoms with Gasteiger partial charge in [0.15, 0.2) is 0 Å². The van der Waals surface area contributed by atoms with E-state index in [0.717, 1.165) is 11.3 Å². The van der Waals surface area contributed by atoms with Crippen LogP contribution in [0.25, 0.3) is 11.1 Å². The fourth-order valence-corrected chi connectivity index (χ4v) is 2.34. The molecule has 0 saturated carbocycles. The summed E-state index contributed by atoms with van der Waals surface area (Å²) in [6, 6.07) is 4.28. The summed E-state index contributed by atoms with van der Waals surface area (Å²) in [5, 5.41) is 4.80.